The molecule has 0 atom stereocenters. The van der Waals surface area contributed by atoms with Gasteiger partial charge in [0.25, 0.3) is 0 Å². The van der Waals surface area contributed by atoms with E-state index in [0.29, 0.717) is 34.1 Å². The highest BCUT2D eigenvalue weighted by atomic mass is 32.2. The smallest absolute Gasteiger partial charge is 0.173 e. The third kappa shape index (κ3) is 4.89. The maximum absolute atomic E-state index is 12.4. The first kappa shape index (κ1) is 21.6. The van der Waals surface area contributed by atoms with Crippen LogP contribution in [0.25, 0.3) is 11.1 Å². The van der Waals surface area contributed by atoms with Crippen LogP contribution in [0, 0.1) is 22.7 Å². The maximum atomic E-state index is 12.4. The number of ether oxygens (including phenoxy) is 1. The molecule has 3 rings (SSSR count). The van der Waals surface area contributed by atoms with Crippen molar-refractivity contribution in [2.24, 2.45) is 0 Å². The molecule has 0 aliphatic carbocycles. The van der Waals surface area contributed by atoms with Crippen molar-refractivity contribution >= 4 is 23.4 Å². The second-order valence-electron chi connectivity index (χ2n) is 6.22. The number of pyridine rings is 2. The van der Waals surface area contributed by atoms with Crippen molar-refractivity contribution in [3.63, 3.8) is 0 Å². The minimum Gasteiger partial charge on any atom is -0.490 e. The van der Waals surface area contributed by atoms with Gasteiger partial charge in [-0.05, 0) is 29.8 Å². The Bertz CT molecular complexity index is 1200. The average molecular weight is 427 g/mol. The van der Waals surface area contributed by atoms with Crippen LogP contribution in [0.5, 0.6) is 5.75 Å². The quantitative estimate of drug-likeness (QED) is 0.325. The van der Waals surface area contributed by atoms with Crippen molar-refractivity contribution in [1.82, 2.24) is 9.97 Å². The van der Waals surface area contributed by atoms with E-state index in [1.807, 2.05) is 6.07 Å². The number of aromatic nitrogens is 2. The van der Waals surface area contributed by atoms with Crippen LogP contribution >= 0.6 is 11.8 Å². The molecule has 0 unspecified atom stereocenters. The van der Waals surface area contributed by atoms with Gasteiger partial charge in [0, 0.05) is 23.5 Å². The molecule has 2 aromatic heterocycles. The summed E-state index contributed by atoms with van der Waals surface area (Å²) in [6.07, 6.45) is 4.71. The number of thioether (sulfide) groups is 1. The van der Waals surface area contributed by atoms with Crippen molar-refractivity contribution in [3.05, 3.63) is 78.1 Å². The van der Waals surface area contributed by atoms with Crippen molar-refractivity contribution in [1.29, 1.82) is 10.5 Å². The number of nitrogens with zero attached hydrogens (tertiary/aromatic N) is 4. The fourth-order valence-corrected chi connectivity index (χ4v) is 3.71. The van der Waals surface area contributed by atoms with Crippen molar-refractivity contribution in [3.8, 4) is 29.0 Å². The summed E-state index contributed by atoms with van der Waals surface area (Å²) in [6.45, 7) is 3.97. The van der Waals surface area contributed by atoms with Crippen LogP contribution in [0.3, 0.4) is 0 Å². The minimum absolute atomic E-state index is 0.00217. The second kappa shape index (κ2) is 10.1. The van der Waals surface area contributed by atoms with Crippen LogP contribution in [0.1, 0.15) is 21.5 Å². The van der Waals surface area contributed by atoms with E-state index in [0.717, 1.165) is 11.8 Å². The summed E-state index contributed by atoms with van der Waals surface area (Å²) in [6, 6.07) is 14.4. The molecule has 0 fully saturated rings. The summed E-state index contributed by atoms with van der Waals surface area (Å²) in [7, 11) is 0. The number of nitriles is 2. The Kier molecular flexibility index (Phi) is 7.00. The number of hydrogen-bond acceptors (Lipinski definition) is 8. The highest BCUT2D eigenvalue weighted by molar-refractivity contribution is 8.00. The number of anilines is 1. The lowest BCUT2D eigenvalue weighted by atomic mass is 9.97. The van der Waals surface area contributed by atoms with E-state index < -0.39 is 0 Å². The number of ketones is 1. The first-order valence-corrected chi connectivity index (χ1v) is 10.1. The molecule has 2 heterocycles. The Morgan fingerprint density at radius 2 is 1.81 bits per heavy atom. The fraction of sp³-hybridized carbons (Fsp3) is 0.0870. The van der Waals surface area contributed by atoms with Gasteiger partial charge in [0.05, 0.1) is 11.3 Å². The molecule has 152 valence electrons. The van der Waals surface area contributed by atoms with E-state index in [2.05, 4.69) is 22.6 Å². The van der Waals surface area contributed by atoms with Crippen molar-refractivity contribution in [2.75, 3.05) is 18.1 Å². The Morgan fingerprint density at radius 1 is 1.13 bits per heavy atom. The first-order chi connectivity index (χ1) is 15.1. The lowest BCUT2D eigenvalue weighted by Crippen LogP contribution is -2.06. The van der Waals surface area contributed by atoms with Crippen molar-refractivity contribution < 1.29 is 9.53 Å². The lowest BCUT2D eigenvalue weighted by Gasteiger charge is -2.13. The molecule has 0 aliphatic heterocycles. The van der Waals surface area contributed by atoms with Crippen LogP contribution in [0.15, 0.2) is 66.5 Å². The lowest BCUT2D eigenvalue weighted by molar-refractivity contribution is 0.102. The van der Waals surface area contributed by atoms with Gasteiger partial charge in [0.2, 0.25) is 0 Å². The van der Waals surface area contributed by atoms with Crippen molar-refractivity contribution in [2.45, 2.75) is 5.03 Å². The normalized spacial score (nSPS) is 10.0. The van der Waals surface area contributed by atoms with Crippen LogP contribution in [-0.4, -0.2) is 28.1 Å². The number of nitrogens with two attached hydrogens (primary N) is 1. The van der Waals surface area contributed by atoms with E-state index >= 15 is 0 Å². The van der Waals surface area contributed by atoms with Gasteiger partial charge in [0.15, 0.2) is 5.78 Å². The average Bonchev–Trinajstić information content (AvgIpc) is 2.81. The van der Waals surface area contributed by atoms with Gasteiger partial charge in [-0.3, -0.25) is 9.78 Å². The number of hydrogen-bond donors (Lipinski definition) is 1. The Morgan fingerprint density at radius 3 is 2.42 bits per heavy atom. The summed E-state index contributed by atoms with van der Waals surface area (Å²) in [5.41, 5.74) is 7.84. The topological polar surface area (TPSA) is 126 Å². The third-order valence-corrected chi connectivity index (χ3v) is 5.24. The van der Waals surface area contributed by atoms with Gasteiger partial charge in [0.1, 0.15) is 40.9 Å². The highest BCUT2D eigenvalue weighted by Gasteiger charge is 2.21. The van der Waals surface area contributed by atoms with E-state index in [-0.39, 0.29) is 28.5 Å². The second-order valence-corrected chi connectivity index (χ2v) is 7.19. The number of carbonyl (C=O) groups is 1. The summed E-state index contributed by atoms with van der Waals surface area (Å²) in [5.74, 6) is 0.555. The third-order valence-electron chi connectivity index (χ3n) is 4.27. The summed E-state index contributed by atoms with van der Waals surface area (Å²) >= 11 is 1.10. The molecule has 3 aromatic rings. The standard InChI is InChI=1S/C23H17N5O2S/c1-2-11-30-17-5-3-16(4-6-17)21-18(12-24)22(26)28-23(19(21)13-25)31-14-20(29)15-7-9-27-10-8-15/h2-10H,1,11,14H2,(H2,26,28). The van der Waals surface area contributed by atoms with E-state index in [1.165, 1.54) is 12.4 Å². The first-order valence-electron chi connectivity index (χ1n) is 9.12. The van der Waals surface area contributed by atoms with Crippen LogP contribution in [0.2, 0.25) is 0 Å². The predicted octanol–water partition coefficient (Wildman–Crippen LogP) is 4.01. The Labute approximate surface area is 183 Å². The number of Topliss-reactive ketones (excluding diaryl/α,β-unsaturated/α-hetero) is 1. The Hall–Kier alpha value is -4.14. The molecule has 8 heteroatoms. The van der Waals surface area contributed by atoms with Crippen LogP contribution in [0.4, 0.5) is 5.82 Å². The van der Waals surface area contributed by atoms with Gasteiger partial charge in [-0.15, -0.1) is 0 Å². The monoisotopic (exact) mass is 427 g/mol. The maximum Gasteiger partial charge on any atom is 0.173 e. The molecule has 1 aromatic carbocycles. The minimum atomic E-state index is -0.133. The molecule has 0 radical (unpaired) electrons. The zero-order chi connectivity index (χ0) is 22.2. The molecule has 31 heavy (non-hydrogen) atoms. The summed E-state index contributed by atoms with van der Waals surface area (Å²) in [5, 5.41) is 19.8. The number of carbonyl (C=O) groups excluding carboxylic acids is 1. The number of benzene rings is 1. The van der Waals surface area contributed by atoms with Gasteiger partial charge < -0.3 is 10.5 Å². The summed E-state index contributed by atoms with van der Waals surface area (Å²) < 4.78 is 5.48. The fourth-order valence-electron chi connectivity index (χ4n) is 2.82. The molecule has 0 amide bonds. The summed E-state index contributed by atoms with van der Waals surface area (Å²) in [4.78, 5) is 20.6. The predicted molar refractivity (Wildman–Crippen MR) is 118 cm³/mol. The van der Waals surface area contributed by atoms with Gasteiger partial charge in [-0.1, -0.05) is 36.5 Å². The number of nitrogen functional groups attached to an aromatic ring is 1. The number of rotatable bonds is 8. The van der Waals surface area contributed by atoms with Gasteiger partial charge in [-0.25, -0.2) is 4.98 Å². The molecular formula is C23H17N5O2S. The van der Waals surface area contributed by atoms with E-state index in [1.54, 1.807) is 42.5 Å². The molecule has 0 aliphatic rings. The molecular weight excluding hydrogens is 410 g/mol. The van der Waals surface area contributed by atoms with Gasteiger partial charge in [-0.2, -0.15) is 10.5 Å². The molecule has 0 saturated carbocycles. The van der Waals surface area contributed by atoms with E-state index in [9.17, 15) is 15.3 Å². The molecule has 0 spiro atoms. The largest absolute Gasteiger partial charge is 0.490 e. The van der Waals surface area contributed by atoms with Crippen LogP contribution < -0.4 is 10.5 Å². The zero-order valence-corrected chi connectivity index (χ0v) is 17.2. The Balaban J connectivity index is 1.98. The van der Waals surface area contributed by atoms with Gasteiger partial charge >= 0.3 is 0 Å². The zero-order valence-electron chi connectivity index (χ0n) is 16.4. The molecule has 7 nitrogen and oxygen atoms in total. The highest BCUT2D eigenvalue weighted by Crippen LogP contribution is 2.36. The van der Waals surface area contributed by atoms with E-state index in [4.69, 9.17) is 10.5 Å². The molecule has 0 bridgehead atoms. The van der Waals surface area contributed by atoms with Crippen LogP contribution in [-0.2, 0) is 0 Å². The SMILES string of the molecule is C=CCOc1ccc(-c2c(C#N)c(N)nc(SCC(=O)c3ccncc3)c2C#N)cc1. The molecule has 2 N–H and O–H groups in total. The molecule has 0 saturated heterocycles.